The van der Waals surface area contributed by atoms with Gasteiger partial charge in [0.1, 0.15) is 11.4 Å². The van der Waals surface area contributed by atoms with Crippen LogP contribution in [-0.2, 0) is 0 Å². The van der Waals surface area contributed by atoms with Crippen molar-refractivity contribution in [2.24, 2.45) is 0 Å². The molecule has 1 aromatic carbocycles. The molecule has 2 aromatic rings. The van der Waals surface area contributed by atoms with Crippen LogP contribution in [0.15, 0.2) is 36.5 Å². The number of aromatic nitrogens is 1. The van der Waals surface area contributed by atoms with Gasteiger partial charge in [0.05, 0.1) is 5.02 Å². The van der Waals surface area contributed by atoms with Gasteiger partial charge >= 0.3 is 0 Å². The van der Waals surface area contributed by atoms with Gasteiger partial charge in [-0.1, -0.05) is 23.7 Å². The Balaban J connectivity index is 2.54. The lowest BCUT2D eigenvalue weighted by Crippen LogP contribution is -1.87. The Morgan fingerprint density at radius 2 is 2.07 bits per heavy atom. The highest BCUT2D eigenvalue weighted by Crippen LogP contribution is 2.29. The van der Waals surface area contributed by atoms with E-state index >= 15 is 0 Å². The molecular formula is C11H9ClN2O. The SMILES string of the molecule is Nc1cccc(-c2ncc(Cl)cc2O)c1. The first-order valence-corrected chi connectivity index (χ1v) is 4.75. The Labute approximate surface area is 92.1 Å². The molecule has 15 heavy (non-hydrogen) atoms. The van der Waals surface area contributed by atoms with Crippen LogP contribution >= 0.6 is 11.6 Å². The molecule has 0 spiro atoms. The number of pyridine rings is 1. The van der Waals surface area contributed by atoms with Crippen molar-refractivity contribution in [1.29, 1.82) is 0 Å². The van der Waals surface area contributed by atoms with Gasteiger partial charge in [0.25, 0.3) is 0 Å². The molecule has 76 valence electrons. The third-order valence-electron chi connectivity index (χ3n) is 1.99. The minimum atomic E-state index is 0.0492. The summed E-state index contributed by atoms with van der Waals surface area (Å²) in [7, 11) is 0. The number of hydrogen-bond donors (Lipinski definition) is 2. The Bertz CT molecular complexity index is 500. The maximum absolute atomic E-state index is 9.65. The summed E-state index contributed by atoms with van der Waals surface area (Å²) >= 11 is 5.69. The Hall–Kier alpha value is -1.74. The molecule has 1 heterocycles. The normalized spacial score (nSPS) is 10.2. The number of benzene rings is 1. The molecule has 0 bridgehead atoms. The van der Waals surface area contributed by atoms with Crippen molar-refractivity contribution in [2.45, 2.75) is 0 Å². The molecular weight excluding hydrogens is 212 g/mol. The Morgan fingerprint density at radius 1 is 1.27 bits per heavy atom. The summed E-state index contributed by atoms with van der Waals surface area (Å²) in [5.74, 6) is 0.0492. The van der Waals surface area contributed by atoms with Crippen LogP contribution in [0.25, 0.3) is 11.3 Å². The Kier molecular flexibility index (Phi) is 2.47. The average Bonchev–Trinajstić information content (AvgIpc) is 2.17. The smallest absolute Gasteiger partial charge is 0.143 e. The maximum atomic E-state index is 9.65. The molecule has 4 heteroatoms. The van der Waals surface area contributed by atoms with Crippen LogP contribution in [0.1, 0.15) is 0 Å². The van der Waals surface area contributed by atoms with E-state index < -0.39 is 0 Å². The zero-order valence-electron chi connectivity index (χ0n) is 7.81. The van der Waals surface area contributed by atoms with Gasteiger partial charge in [0.15, 0.2) is 0 Å². The second-order valence-corrected chi connectivity index (χ2v) is 3.58. The number of halogens is 1. The van der Waals surface area contributed by atoms with E-state index in [4.69, 9.17) is 17.3 Å². The number of anilines is 1. The summed E-state index contributed by atoms with van der Waals surface area (Å²) in [6.07, 6.45) is 1.49. The maximum Gasteiger partial charge on any atom is 0.143 e. The summed E-state index contributed by atoms with van der Waals surface area (Å²) in [6, 6.07) is 8.60. The van der Waals surface area contributed by atoms with Crippen molar-refractivity contribution in [3.8, 4) is 17.0 Å². The number of nitrogens with two attached hydrogens (primary N) is 1. The fourth-order valence-corrected chi connectivity index (χ4v) is 1.49. The molecule has 0 unspecified atom stereocenters. The summed E-state index contributed by atoms with van der Waals surface area (Å²) in [5, 5.41) is 10.1. The predicted octanol–water partition coefficient (Wildman–Crippen LogP) is 2.69. The molecule has 0 radical (unpaired) electrons. The third kappa shape index (κ3) is 2.02. The molecule has 0 saturated heterocycles. The number of aromatic hydroxyl groups is 1. The molecule has 0 amide bonds. The molecule has 0 fully saturated rings. The topological polar surface area (TPSA) is 59.1 Å². The summed E-state index contributed by atoms with van der Waals surface area (Å²) in [4.78, 5) is 4.05. The fraction of sp³-hybridized carbons (Fsp3) is 0. The third-order valence-corrected chi connectivity index (χ3v) is 2.20. The molecule has 0 aliphatic rings. The fourth-order valence-electron chi connectivity index (χ4n) is 1.34. The highest BCUT2D eigenvalue weighted by Gasteiger charge is 2.06. The lowest BCUT2D eigenvalue weighted by atomic mass is 10.1. The van der Waals surface area contributed by atoms with E-state index in [1.54, 1.807) is 18.2 Å². The van der Waals surface area contributed by atoms with Gasteiger partial charge in [-0.05, 0) is 12.1 Å². The molecule has 0 aliphatic carbocycles. The van der Waals surface area contributed by atoms with Gasteiger partial charge in [-0.25, -0.2) is 0 Å². The first kappa shape index (κ1) is 9.80. The molecule has 3 nitrogen and oxygen atoms in total. The van der Waals surface area contributed by atoms with Crippen LogP contribution in [0.5, 0.6) is 5.75 Å². The van der Waals surface area contributed by atoms with Crippen molar-refractivity contribution in [1.82, 2.24) is 4.98 Å². The first-order chi connectivity index (χ1) is 7.16. The van der Waals surface area contributed by atoms with Gasteiger partial charge in [0.2, 0.25) is 0 Å². The van der Waals surface area contributed by atoms with Crippen LogP contribution in [-0.4, -0.2) is 10.1 Å². The van der Waals surface area contributed by atoms with Crippen molar-refractivity contribution in [3.63, 3.8) is 0 Å². The monoisotopic (exact) mass is 220 g/mol. The van der Waals surface area contributed by atoms with Crippen LogP contribution in [0.4, 0.5) is 5.69 Å². The second kappa shape index (κ2) is 3.79. The minimum Gasteiger partial charge on any atom is -0.506 e. The highest BCUT2D eigenvalue weighted by atomic mass is 35.5. The van der Waals surface area contributed by atoms with E-state index in [0.29, 0.717) is 16.4 Å². The van der Waals surface area contributed by atoms with Crippen molar-refractivity contribution in [2.75, 3.05) is 5.73 Å². The number of rotatable bonds is 1. The van der Waals surface area contributed by atoms with Crippen molar-refractivity contribution >= 4 is 17.3 Å². The van der Waals surface area contributed by atoms with Crippen LogP contribution in [0.2, 0.25) is 5.02 Å². The predicted molar refractivity (Wildman–Crippen MR) is 60.8 cm³/mol. The lowest BCUT2D eigenvalue weighted by Gasteiger charge is -2.04. The largest absolute Gasteiger partial charge is 0.506 e. The lowest BCUT2D eigenvalue weighted by molar-refractivity contribution is 0.475. The van der Waals surface area contributed by atoms with Crippen LogP contribution < -0.4 is 5.73 Å². The molecule has 0 saturated carbocycles. The molecule has 0 aliphatic heterocycles. The summed E-state index contributed by atoms with van der Waals surface area (Å²) in [6.45, 7) is 0. The number of nitrogen functional groups attached to an aromatic ring is 1. The van der Waals surface area contributed by atoms with Gasteiger partial charge < -0.3 is 10.8 Å². The average molecular weight is 221 g/mol. The summed E-state index contributed by atoms with van der Waals surface area (Å²) in [5.41, 5.74) is 7.51. The molecule has 3 N–H and O–H groups in total. The molecule has 1 aromatic heterocycles. The van der Waals surface area contributed by atoms with Gasteiger partial charge in [-0.15, -0.1) is 0 Å². The zero-order chi connectivity index (χ0) is 10.8. The van der Waals surface area contributed by atoms with E-state index in [1.807, 2.05) is 6.07 Å². The van der Waals surface area contributed by atoms with Crippen LogP contribution in [0.3, 0.4) is 0 Å². The standard InChI is InChI=1S/C11H9ClN2O/c12-8-5-10(15)11(14-6-8)7-2-1-3-9(13)4-7/h1-6,15H,13H2. The minimum absolute atomic E-state index is 0.0492. The summed E-state index contributed by atoms with van der Waals surface area (Å²) < 4.78 is 0. The van der Waals surface area contributed by atoms with E-state index in [9.17, 15) is 5.11 Å². The van der Waals surface area contributed by atoms with Gasteiger partial charge in [0, 0.05) is 23.5 Å². The van der Waals surface area contributed by atoms with Gasteiger partial charge in [-0.3, -0.25) is 4.98 Å². The Morgan fingerprint density at radius 3 is 2.73 bits per heavy atom. The van der Waals surface area contributed by atoms with Crippen molar-refractivity contribution in [3.05, 3.63) is 41.6 Å². The number of nitrogens with zero attached hydrogens (tertiary/aromatic N) is 1. The van der Waals surface area contributed by atoms with E-state index in [-0.39, 0.29) is 5.75 Å². The zero-order valence-corrected chi connectivity index (χ0v) is 8.57. The quantitative estimate of drug-likeness (QED) is 0.727. The van der Waals surface area contributed by atoms with Crippen molar-refractivity contribution < 1.29 is 5.11 Å². The molecule has 0 atom stereocenters. The van der Waals surface area contributed by atoms with Crippen LogP contribution in [0, 0.1) is 0 Å². The first-order valence-electron chi connectivity index (χ1n) is 4.37. The highest BCUT2D eigenvalue weighted by molar-refractivity contribution is 6.30. The number of hydrogen-bond acceptors (Lipinski definition) is 3. The van der Waals surface area contributed by atoms with E-state index in [0.717, 1.165) is 5.56 Å². The van der Waals surface area contributed by atoms with E-state index in [1.165, 1.54) is 12.3 Å². The van der Waals surface area contributed by atoms with E-state index in [2.05, 4.69) is 4.98 Å². The van der Waals surface area contributed by atoms with Gasteiger partial charge in [-0.2, -0.15) is 0 Å². The molecule has 2 rings (SSSR count). The second-order valence-electron chi connectivity index (χ2n) is 3.15.